The van der Waals surface area contributed by atoms with E-state index in [1.54, 1.807) is 0 Å². The standard InChI is InChI=1S/C6H5.2Po.H/c1-2-4-6-5-3-1;;;/h1-5H;;;. The van der Waals surface area contributed by atoms with Crippen LogP contribution in [0.1, 0.15) is 0 Å². The second kappa shape index (κ2) is 4.85. The molecule has 0 unspecified atom stereocenters. The third-order valence-corrected chi connectivity index (χ3v) is 1.80. The molecule has 0 aliphatic rings. The van der Waals surface area contributed by atoms with Gasteiger partial charge in [-0.25, -0.2) is 0 Å². The molecule has 0 aliphatic carbocycles. The molecule has 0 atom stereocenters. The molecular weight excluding hydrogens is 490 g/mol. The molecular formula is C6H6Po2. The second-order valence-electron chi connectivity index (χ2n) is 1.31. The van der Waals surface area contributed by atoms with Gasteiger partial charge in [0.25, 0.3) is 0 Å². The SMILES string of the molecule is [PoH].[Po][c]1ccccc1. The van der Waals surface area contributed by atoms with Gasteiger partial charge in [-0.3, -0.25) is 0 Å². The average Bonchev–Trinajstić information content (AvgIpc) is 1.69. The Bertz CT molecular complexity index is 136. The van der Waals surface area contributed by atoms with Crippen molar-refractivity contribution in [1.29, 1.82) is 0 Å². The van der Waals surface area contributed by atoms with Crippen LogP contribution in [-0.4, -0.2) is 51.6 Å². The van der Waals surface area contributed by atoms with Crippen LogP contribution in [0.5, 0.6) is 0 Å². The van der Waals surface area contributed by atoms with Crippen molar-refractivity contribution in [2.45, 2.75) is 0 Å². The Morgan fingerprint density at radius 3 is 1.75 bits per heavy atom. The fourth-order valence-corrected chi connectivity index (χ4v) is 1.03. The van der Waals surface area contributed by atoms with Gasteiger partial charge >= 0.3 is 85.2 Å². The van der Waals surface area contributed by atoms with Gasteiger partial charge in [0.15, 0.2) is 0 Å². The van der Waals surface area contributed by atoms with Crippen LogP contribution < -0.4 is 3.22 Å². The third-order valence-electron chi connectivity index (χ3n) is 0.743. The van der Waals surface area contributed by atoms with Gasteiger partial charge in [-0.2, -0.15) is 0 Å². The van der Waals surface area contributed by atoms with E-state index >= 15 is 0 Å². The van der Waals surface area contributed by atoms with E-state index in [4.69, 9.17) is 0 Å². The predicted octanol–water partition coefficient (Wildman–Crippen LogP) is -0.168. The van der Waals surface area contributed by atoms with Crippen molar-refractivity contribution in [2.24, 2.45) is 0 Å². The van der Waals surface area contributed by atoms with Gasteiger partial charge in [0.1, 0.15) is 0 Å². The van der Waals surface area contributed by atoms with Gasteiger partial charge in [0.2, 0.25) is 0 Å². The van der Waals surface area contributed by atoms with Crippen molar-refractivity contribution in [3.05, 3.63) is 30.3 Å². The van der Waals surface area contributed by atoms with Gasteiger partial charge in [-0.1, -0.05) is 0 Å². The third kappa shape index (κ3) is 3.12. The number of hydrogen-bond acceptors (Lipinski definition) is 0. The Hall–Kier alpha value is 1.01. The van der Waals surface area contributed by atoms with Crippen LogP contribution in [0.4, 0.5) is 0 Å². The normalized spacial score (nSPS) is 7.50. The first-order valence-corrected chi connectivity index (χ1v) is 3.70. The molecule has 0 nitrogen and oxygen atoms in total. The zero-order chi connectivity index (χ0) is 5.11. The van der Waals surface area contributed by atoms with Gasteiger partial charge in [-0.05, 0) is 0 Å². The summed E-state index contributed by atoms with van der Waals surface area (Å²) < 4.78 is 1.41. The maximum absolute atomic E-state index is 2.12. The Balaban J connectivity index is 0.000000490. The van der Waals surface area contributed by atoms with Crippen molar-refractivity contribution in [3.8, 4) is 0 Å². The summed E-state index contributed by atoms with van der Waals surface area (Å²) >= 11 is 1.54. The first-order chi connectivity index (χ1) is 3.39. The minimum atomic E-state index is 0. The fraction of sp³-hybridized carbons (Fsp3) is 0. The van der Waals surface area contributed by atoms with Crippen molar-refractivity contribution in [2.75, 3.05) is 0 Å². The summed E-state index contributed by atoms with van der Waals surface area (Å²) in [6, 6.07) is 10.4. The predicted molar refractivity (Wildman–Crippen MR) is 39.0 cm³/mol. The Morgan fingerprint density at radius 2 is 1.50 bits per heavy atom. The first kappa shape index (κ1) is 9.01. The van der Waals surface area contributed by atoms with Crippen LogP contribution in [0.2, 0.25) is 0 Å². The molecule has 2 radical (unpaired) electrons. The quantitative estimate of drug-likeness (QED) is 0.469. The summed E-state index contributed by atoms with van der Waals surface area (Å²) in [4.78, 5) is 0. The Kier molecular flexibility index (Phi) is 5.46. The van der Waals surface area contributed by atoms with Crippen LogP contribution in [0.25, 0.3) is 0 Å². The number of hydrogen-bond donors (Lipinski definition) is 0. The van der Waals surface area contributed by atoms with E-state index in [0.717, 1.165) is 0 Å². The van der Waals surface area contributed by atoms with E-state index in [1.165, 1.54) is 28.3 Å². The van der Waals surface area contributed by atoms with E-state index in [0.29, 0.717) is 0 Å². The fourth-order valence-electron chi connectivity index (χ4n) is 0.420. The molecule has 0 saturated carbocycles. The molecule has 0 amide bonds. The molecule has 0 aromatic heterocycles. The van der Waals surface area contributed by atoms with Gasteiger partial charge < -0.3 is 0 Å². The molecule has 8 heavy (non-hydrogen) atoms. The van der Waals surface area contributed by atoms with Crippen LogP contribution >= 0.6 is 0 Å². The van der Waals surface area contributed by atoms with E-state index < -0.39 is 0 Å². The summed E-state index contributed by atoms with van der Waals surface area (Å²) in [7, 11) is 0. The van der Waals surface area contributed by atoms with Crippen LogP contribution in [-0.2, 0) is 0 Å². The van der Waals surface area contributed by atoms with E-state index in [1.807, 2.05) is 6.07 Å². The van der Waals surface area contributed by atoms with E-state index in [9.17, 15) is 0 Å². The van der Waals surface area contributed by atoms with Gasteiger partial charge in [0.05, 0.1) is 0 Å². The summed E-state index contributed by atoms with van der Waals surface area (Å²) in [5.74, 6) is 0. The summed E-state index contributed by atoms with van der Waals surface area (Å²) in [6.45, 7) is 0. The van der Waals surface area contributed by atoms with Crippen molar-refractivity contribution in [1.82, 2.24) is 0 Å². The molecule has 0 aliphatic heterocycles. The topological polar surface area (TPSA) is 0 Å². The summed E-state index contributed by atoms with van der Waals surface area (Å²) in [5, 5.41) is 0. The zero-order valence-corrected chi connectivity index (χ0v) is 10.9. The van der Waals surface area contributed by atoms with Crippen molar-refractivity contribution < 1.29 is 0 Å². The molecule has 0 saturated heterocycles. The monoisotopic (exact) mass is 496 g/mol. The minimum absolute atomic E-state index is 0. The molecule has 1 aromatic rings. The molecule has 42 valence electrons. The number of rotatable bonds is 0. The van der Waals surface area contributed by atoms with Gasteiger partial charge in [0, 0.05) is 0 Å². The molecule has 0 bridgehead atoms. The summed E-state index contributed by atoms with van der Waals surface area (Å²) in [6.07, 6.45) is 0. The van der Waals surface area contributed by atoms with Crippen LogP contribution in [0.3, 0.4) is 0 Å². The molecule has 1 aromatic carbocycles. The van der Waals surface area contributed by atoms with Crippen LogP contribution in [0, 0.1) is 0 Å². The van der Waals surface area contributed by atoms with Gasteiger partial charge in [-0.15, -0.1) is 0 Å². The average molecular weight is 496 g/mol. The second-order valence-corrected chi connectivity index (χ2v) is 3.15. The molecule has 0 spiro atoms. The van der Waals surface area contributed by atoms with Crippen LogP contribution in [0.15, 0.2) is 30.3 Å². The van der Waals surface area contributed by atoms with Crippen molar-refractivity contribution in [3.63, 3.8) is 0 Å². The van der Waals surface area contributed by atoms with Crippen molar-refractivity contribution >= 4 is 54.9 Å². The molecule has 0 fully saturated rings. The zero-order valence-electron chi connectivity index (χ0n) is 4.24. The molecule has 1 rings (SSSR count). The Morgan fingerprint density at radius 1 is 1.00 bits per heavy atom. The maximum atomic E-state index is 2.12. The molecule has 0 heterocycles. The molecule has 2 heteroatoms. The van der Waals surface area contributed by atoms with E-state index in [-0.39, 0.29) is 26.6 Å². The van der Waals surface area contributed by atoms with E-state index in [2.05, 4.69) is 24.3 Å². The Labute approximate surface area is 84.3 Å². The molecule has 0 N–H and O–H groups in total. The first-order valence-electron chi connectivity index (χ1n) is 2.11. The number of benzene rings is 1. The summed E-state index contributed by atoms with van der Waals surface area (Å²) in [5.41, 5.74) is 0.